The number of hydrogen-bond donors (Lipinski definition) is 3. The standard InChI is InChI=1S/C39H66NO9P/c1-3-5-7-9-11-13-14-15-16-17-18-19-20-21-22-23-24-26-28-30-32-46-33-36(34-47-50(44,45)48-35-37(40)39(42)43)49-38(41)31-29-27-25-12-10-8-6-4-2/h5,7,11,13,15-16,18-19,21-22,24,26,36-37H,3-4,6,8-10,12,14,17,20,23,25,27-35,40H2,1-2H3,(H,42,43)(H,44,45)/b7-5-,13-11-,16-15-,19-18-,22-21-,26-24-. The molecule has 0 saturated heterocycles. The molecule has 0 aliphatic rings. The Morgan fingerprint density at radius 2 is 1.14 bits per heavy atom. The van der Waals surface area contributed by atoms with E-state index in [0.717, 1.165) is 70.6 Å². The van der Waals surface area contributed by atoms with Gasteiger partial charge in [-0.1, -0.05) is 132 Å². The van der Waals surface area contributed by atoms with Gasteiger partial charge in [0.1, 0.15) is 12.1 Å². The van der Waals surface area contributed by atoms with E-state index in [1.165, 1.54) is 25.7 Å². The second-order valence-electron chi connectivity index (χ2n) is 12.0. The Morgan fingerprint density at radius 1 is 0.660 bits per heavy atom. The van der Waals surface area contributed by atoms with Gasteiger partial charge >= 0.3 is 19.8 Å². The Kier molecular flexibility index (Phi) is 33.0. The average molecular weight is 724 g/mol. The first-order chi connectivity index (χ1) is 24.2. The fraction of sp³-hybridized carbons (Fsp3) is 0.641. The van der Waals surface area contributed by atoms with Crippen LogP contribution in [0.4, 0.5) is 0 Å². The summed E-state index contributed by atoms with van der Waals surface area (Å²) in [5.41, 5.74) is 5.32. The molecule has 0 aliphatic heterocycles. The van der Waals surface area contributed by atoms with E-state index >= 15 is 0 Å². The lowest BCUT2D eigenvalue weighted by atomic mass is 10.1. The largest absolute Gasteiger partial charge is 0.480 e. The van der Waals surface area contributed by atoms with Crippen LogP contribution in [0.15, 0.2) is 72.9 Å². The number of hydrogen-bond acceptors (Lipinski definition) is 8. The van der Waals surface area contributed by atoms with Crippen molar-refractivity contribution < 1.29 is 42.7 Å². The van der Waals surface area contributed by atoms with Crippen molar-refractivity contribution in [3.05, 3.63) is 72.9 Å². The van der Waals surface area contributed by atoms with E-state index in [4.69, 9.17) is 24.8 Å². The summed E-state index contributed by atoms with van der Waals surface area (Å²) < 4.78 is 33.0. The Bertz CT molecular complexity index is 1070. The number of phosphoric ester groups is 1. The van der Waals surface area contributed by atoms with Gasteiger partial charge in [-0.3, -0.25) is 18.6 Å². The predicted octanol–water partition coefficient (Wildman–Crippen LogP) is 9.47. The molecule has 0 fully saturated rings. The minimum atomic E-state index is -4.62. The van der Waals surface area contributed by atoms with Gasteiger partial charge in [-0.2, -0.15) is 0 Å². The van der Waals surface area contributed by atoms with Crippen LogP contribution in [0.3, 0.4) is 0 Å². The third kappa shape index (κ3) is 33.9. The van der Waals surface area contributed by atoms with Crippen molar-refractivity contribution in [1.29, 1.82) is 0 Å². The van der Waals surface area contributed by atoms with Crippen molar-refractivity contribution in [1.82, 2.24) is 0 Å². The third-order valence-corrected chi connectivity index (χ3v) is 8.20. The summed E-state index contributed by atoms with van der Waals surface area (Å²) in [7, 11) is -4.62. The maximum atomic E-state index is 12.5. The van der Waals surface area contributed by atoms with Gasteiger partial charge in [0.25, 0.3) is 0 Å². The van der Waals surface area contributed by atoms with Gasteiger partial charge in [0.2, 0.25) is 0 Å². The first-order valence-corrected chi connectivity index (χ1v) is 20.0. The van der Waals surface area contributed by atoms with E-state index < -0.39 is 45.1 Å². The number of carboxylic acid groups (broad SMARTS) is 1. The highest BCUT2D eigenvalue weighted by molar-refractivity contribution is 7.47. The SMILES string of the molecule is CC/C=C\C/C=C\C/C=C\C/C=C\C/C=C\C/C=C\CCCOCC(COP(=O)(O)OCC(N)C(=O)O)OC(=O)CCCCCCCCCC. The summed E-state index contributed by atoms with van der Waals surface area (Å²) in [6.07, 6.45) is 41.3. The number of esters is 1. The number of carbonyl (C=O) groups excluding carboxylic acids is 1. The molecule has 11 heteroatoms. The highest BCUT2D eigenvalue weighted by Gasteiger charge is 2.27. The molecule has 3 atom stereocenters. The lowest BCUT2D eigenvalue weighted by Gasteiger charge is -2.20. The van der Waals surface area contributed by atoms with Crippen LogP contribution in [0.2, 0.25) is 0 Å². The molecule has 4 N–H and O–H groups in total. The zero-order valence-electron chi connectivity index (χ0n) is 30.7. The molecular formula is C39H66NO9P. The van der Waals surface area contributed by atoms with E-state index in [1.54, 1.807) is 0 Å². The number of unbranched alkanes of at least 4 members (excludes halogenated alkanes) is 8. The van der Waals surface area contributed by atoms with Crippen LogP contribution in [-0.4, -0.2) is 60.5 Å². The number of carboxylic acids is 1. The van der Waals surface area contributed by atoms with Crippen molar-refractivity contribution in [2.75, 3.05) is 26.4 Å². The Morgan fingerprint density at radius 3 is 1.66 bits per heavy atom. The Labute approximate surface area is 302 Å². The average Bonchev–Trinajstić information content (AvgIpc) is 3.09. The number of ether oxygens (including phenoxy) is 2. The van der Waals surface area contributed by atoms with Crippen LogP contribution in [0.25, 0.3) is 0 Å². The first kappa shape index (κ1) is 47.4. The van der Waals surface area contributed by atoms with Crippen molar-refractivity contribution in [2.45, 2.75) is 135 Å². The van der Waals surface area contributed by atoms with Crippen LogP contribution in [0.1, 0.15) is 123 Å². The van der Waals surface area contributed by atoms with Gasteiger partial charge < -0.3 is 25.2 Å². The van der Waals surface area contributed by atoms with Crippen molar-refractivity contribution in [2.24, 2.45) is 5.73 Å². The summed E-state index contributed by atoms with van der Waals surface area (Å²) >= 11 is 0. The lowest BCUT2D eigenvalue weighted by molar-refractivity contribution is -0.154. The molecule has 0 aromatic rings. The second kappa shape index (κ2) is 34.8. The molecule has 0 aromatic heterocycles. The van der Waals surface area contributed by atoms with Gasteiger partial charge in [-0.25, -0.2) is 4.57 Å². The normalized spacial score (nSPS) is 15.0. The van der Waals surface area contributed by atoms with Crippen LogP contribution in [0.5, 0.6) is 0 Å². The summed E-state index contributed by atoms with van der Waals surface area (Å²) in [6.45, 7) is 3.54. The molecular weight excluding hydrogens is 657 g/mol. The lowest BCUT2D eigenvalue weighted by Crippen LogP contribution is -2.34. The van der Waals surface area contributed by atoms with Crippen LogP contribution in [-0.2, 0) is 32.7 Å². The summed E-state index contributed by atoms with van der Waals surface area (Å²) in [5.74, 6) is -1.82. The summed E-state index contributed by atoms with van der Waals surface area (Å²) in [4.78, 5) is 33.2. The minimum Gasteiger partial charge on any atom is -0.480 e. The van der Waals surface area contributed by atoms with Gasteiger partial charge in [0.15, 0.2) is 0 Å². The Hall–Kier alpha value is -2.59. The zero-order chi connectivity index (χ0) is 37.0. The van der Waals surface area contributed by atoms with Crippen LogP contribution >= 0.6 is 7.82 Å². The summed E-state index contributed by atoms with van der Waals surface area (Å²) in [5, 5.41) is 8.84. The molecule has 0 amide bonds. The number of rotatable bonds is 34. The fourth-order valence-corrected chi connectivity index (χ4v) is 5.16. The van der Waals surface area contributed by atoms with Gasteiger partial charge in [-0.05, 0) is 57.8 Å². The van der Waals surface area contributed by atoms with E-state index in [1.807, 2.05) is 0 Å². The topological polar surface area (TPSA) is 155 Å². The molecule has 50 heavy (non-hydrogen) atoms. The van der Waals surface area contributed by atoms with Crippen molar-refractivity contribution >= 4 is 19.8 Å². The molecule has 10 nitrogen and oxygen atoms in total. The predicted molar refractivity (Wildman–Crippen MR) is 203 cm³/mol. The maximum absolute atomic E-state index is 12.5. The molecule has 0 aliphatic carbocycles. The number of aliphatic carboxylic acids is 1. The monoisotopic (exact) mass is 723 g/mol. The zero-order valence-corrected chi connectivity index (χ0v) is 31.6. The van der Waals surface area contributed by atoms with Gasteiger partial charge in [-0.15, -0.1) is 0 Å². The van der Waals surface area contributed by atoms with E-state index in [2.05, 4.69) is 91.3 Å². The van der Waals surface area contributed by atoms with Gasteiger partial charge in [0.05, 0.1) is 19.8 Å². The molecule has 0 heterocycles. The molecule has 0 radical (unpaired) electrons. The number of allylic oxidation sites excluding steroid dienone is 12. The Balaban J connectivity index is 4.37. The van der Waals surface area contributed by atoms with Crippen molar-refractivity contribution in [3.63, 3.8) is 0 Å². The number of carbonyl (C=O) groups is 2. The molecule has 0 saturated carbocycles. The fourth-order valence-electron chi connectivity index (χ4n) is 4.38. The summed E-state index contributed by atoms with van der Waals surface area (Å²) in [6, 6.07) is -1.48. The molecule has 286 valence electrons. The molecule has 0 spiro atoms. The molecule has 0 rings (SSSR count). The molecule has 3 unspecified atom stereocenters. The highest BCUT2D eigenvalue weighted by atomic mass is 31.2. The first-order valence-electron chi connectivity index (χ1n) is 18.5. The molecule has 0 bridgehead atoms. The maximum Gasteiger partial charge on any atom is 0.472 e. The van der Waals surface area contributed by atoms with Gasteiger partial charge in [0, 0.05) is 13.0 Å². The van der Waals surface area contributed by atoms with Crippen LogP contribution < -0.4 is 5.73 Å². The highest BCUT2D eigenvalue weighted by Crippen LogP contribution is 2.43. The minimum absolute atomic E-state index is 0.0262. The number of phosphoric acid groups is 1. The van der Waals surface area contributed by atoms with E-state index in [9.17, 15) is 19.0 Å². The van der Waals surface area contributed by atoms with Crippen LogP contribution in [0, 0.1) is 0 Å². The number of nitrogens with two attached hydrogens (primary N) is 1. The third-order valence-electron chi connectivity index (χ3n) is 7.25. The van der Waals surface area contributed by atoms with E-state index in [0.29, 0.717) is 13.0 Å². The van der Waals surface area contributed by atoms with E-state index in [-0.39, 0.29) is 13.0 Å². The second-order valence-corrected chi connectivity index (χ2v) is 13.4. The quantitative estimate of drug-likeness (QED) is 0.0253. The van der Waals surface area contributed by atoms with Crippen molar-refractivity contribution in [3.8, 4) is 0 Å². The smallest absolute Gasteiger partial charge is 0.472 e. The molecule has 0 aromatic carbocycles.